The van der Waals surface area contributed by atoms with Crippen LogP contribution in [0.1, 0.15) is 0 Å². The fourth-order valence-corrected chi connectivity index (χ4v) is 4.97. The summed E-state index contributed by atoms with van der Waals surface area (Å²) in [6, 6.07) is 28.0. The van der Waals surface area contributed by atoms with Crippen molar-refractivity contribution in [1.82, 2.24) is 0 Å². The Morgan fingerprint density at radius 2 is 1.05 bits per heavy atom. The van der Waals surface area contributed by atoms with Crippen LogP contribution in [0.4, 0.5) is 0 Å². The van der Waals surface area contributed by atoms with Crippen LogP contribution in [-0.2, 0) is 0 Å². The molecular formula is C18H16BO2P. The lowest BCUT2D eigenvalue weighted by Crippen LogP contribution is -2.42. The Bertz CT molecular complexity index is 693. The number of hydrogen-bond donors (Lipinski definition) is 2. The second kappa shape index (κ2) is 6.89. The van der Waals surface area contributed by atoms with Crippen LogP contribution in [0.5, 0.6) is 0 Å². The molecule has 0 fully saturated rings. The highest BCUT2D eigenvalue weighted by Gasteiger charge is 2.23. The van der Waals surface area contributed by atoms with Gasteiger partial charge in [-0.1, -0.05) is 84.9 Å². The minimum atomic E-state index is -1.46. The molecule has 0 aliphatic rings. The first-order chi connectivity index (χ1) is 10.8. The van der Waals surface area contributed by atoms with Gasteiger partial charge in [0, 0.05) is 0 Å². The highest BCUT2D eigenvalue weighted by molar-refractivity contribution is 7.80. The van der Waals surface area contributed by atoms with Gasteiger partial charge < -0.3 is 10.0 Å². The van der Waals surface area contributed by atoms with Crippen molar-refractivity contribution in [2.45, 2.75) is 0 Å². The van der Waals surface area contributed by atoms with Crippen LogP contribution in [0.25, 0.3) is 0 Å². The van der Waals surface area contributed by atoms with E-state index in [1.165, 1.54) is 10.6 Å². The minimum absolute atomic E-state index is 0.571. The molecule has 3 rings (SSSR count). The number of rotatable bonds is 4. The number of benzene rings is 3. The molecule has 2 nitrogen and oxygen atoms in total. The molecule has 0 heterocycles. The van der Waals surface area contributed by atoms with Gasteiger partial charge >= 0.3 is 7.12 Å². The SMILES string of the molecule is OB(O)c1ccccc1P(c1ccccc1)c1ccccc1. The lowest BCUT2D eigenvalue weighted by molar-refractivity contribution is 0.426. The maximum atomic E-state index is 9.71. The lowest BCUT2D eigenvalue weighted by Gasteiger charge is -2.22. The molecule has 0 amide bonds. The molecule has 0 bridgehead atoms. The van der Waals surface area contributed by atoms with Crippen LogP contribution in [0, 0.1) is 0 Å². The van der Waals surface area contributed by atoms with E-state index in [2.05, 4.69) is 24.3 Å². The van der Waals surface area contributed by atoms with Crippen molar-refractivity contribution in [2.24, 2.45) is 0 Å². The molecule has 0 aromatic heterocycles. The van der Waals surface area contributed by atoms with Crippen molar-refractivity contribution in [3.05, 3.63) is 84.9 Å². The van der Waals surface area contributed by atoms with E-state index in [1.807, 2.05) is 54.6 Å². The first-order valence-corrected chi connectivity index (χ1v) is 8.47. The average Bonchev–Trinajstić information content (AvgIpc) is 2.57. The Morgan fingerprint density at radius 3 is 1.55 bits per heavy atom. The summed E-state index contributed by atoms with van der Waals surface area (Å²) in [6.07, 6.45) is 0. The standard InChI is InChI=1S/C18H16BO2P/c20-19(21)17-13-7-8-14-18(17)22(15-9-3-1-4-10-15)16-11-5-2-6-12-16/h1-14,20-21H. The third kappa shape index (κ3) is 3.12. The molecule has 0 radical (unpaired) electrons. The van der Waals surface area contributed by atoms with Crippen molar-refractivity contribution in [1.29, 1.82) is 0 Å². The molecule has 0 saturated carbocycles. The monoisotopic (exact) mass is 306 g/mol. The van der Waals surface area contributed by atoms with Gasteiger partial charge in [0.2, 0.25) is 0 Å². The van der Waals surface area contributed by atoms with Gasteiger partial charge in [-0.05, 0) is 29.3 Å². The van der Waals surface area contributed by atoms with Gasteiger partial charge in [0.15, 0.2) is 0 Å². The predicted octanol–water partition coefficient (Wildman–Crippen LogP) is 1.12. The second-order valence-electron chi connectivity index (χ2n) is 4.94. The van der Waals surface area contributed by atoms with Crippen LogP contribution in [0.3, 0.4) is 0 Å². The molecule has 3 aromatic carbocycles. The molecule has 0 aliphatic carbocycles. The Kier molecular flexibility index (Phi) is 4.69. The highest BCUT2D eigenvalue weighted by atomic mass is 31.1. The topological polar surface area (TPSA) is 40.5 Å². The Morgan fingerprint density at radius 1 is 0.591 bits per heavy atom. The van der Waals surface area contributed by atoms with E-state index >= 15 is 0 Å². The molecule has 0 aliphatic heterocycles. The van der Waals surface area contributed by atoms with Gasteiger partial charge in [0.25, 0.3) is 0 Å². The Balaban J connectivity index is 2.19. The van der Waals surface area contributed by atoms with Crippen LogP contribution in [0.2, 0.25) is 0 Å². The van der Waals surface area contributed by atoms with Crippen molar-refractivity contribution in [3.8, 4) is 0 Å². The molecule has 2 N–H and O–H groups in total. The van der Waals surface area contributed by atoms with E-state index in [0.717, 1.165) is 5.30 Å². The van der Waals surface area contributed by atoms with Gasteiger partial charge in [0.1, 0.15) is 0 Å². The quantitative estimate of drug-likeness (QED) is 0.560. The first kappa shape index (κ1) is 15.0. The van der Waals surface area contributed by atoms with Gasteiger partial charge in [0.05, 0.1) is 0 Å². The lowest BCUT2D eigenvalue weighted by atomic mass is 9.80. The third-order valence-electron chi connectivity index (χ3n) is 3.48. The number of hydrogen-bond acceptors (Lipinski definition) is 2. The van der Waals surface area contributed by atoms with E-state index < -0.39 is 15.0 Å². The van der Waals surface area contributed by atoms with Crippen LogP contribution >= 0.6 is 7.92 Å². The summed E-state index contributed by atoms with van der Waals surface area (Å²) in [5.74, 6) is 0. The largest absolute Gasteiger partial charge is 0.489 e. The maximum absolute atomic E-state index is 9.71. The molecule has 0 atom stereocenters. The summed E-state index contributed by atoms with van der Waals surface area (Å²) in [5.41, 5.74) is 0.571. The summed E-state index contributed by atoms with van der Waals surface area (Å²) in [5, 5.41) is 22.8. The summed E-state index contributed by atoms with van der Waals surface area (Å²) >= 11 is 0. The summed E-state index contributed by atoms with van der Waals surface area (Å²) in [4.78, 5) is 0. The Labute approximate surface area is 132 Å². The summed E-state index contributed by atoms with van der Waals surface area (Å²) in [7, 11) is -2.28. The van der Waals surface area contributed by atoms with Crippen LogP contribution in [-0.4, -0.2) is 17.2 Å². The van der Waals surface area contributed by atoms with E-state index in [9.17, 15) is 10.0 Å². The normalized spacial score (nSPS) is 10.7. The molecule has 0 unspecified atom stereocenters. The van der Waals surface area contributed by atoms with E-state index in [1.54, 1.807) is 6.07 Å². The molecular weight excluding hydrogens is 290 g/mol. The minimum Gasteiger partial charge on any atom is -0.423 e. The fraction of sp³-hybridized carbons (Fsp3) is 0. The van der Waals surface area contributed by atoms with E-state index in [4.69, 9.17) is 0 Å². The predicted molar refractivity (Wildman–Crippen MR) is 95.0 cm³/mol. The molecule has 108 valence electrons. The molecule has 0 spiro atoms. The van der Waals surface area contributed by atoms with Gasteiger partial charge in [-0.2, -0.15) is 0 Å². The van der Waals surface area contributed by atoms with E-state index in [-0.39, 0.29) is 0 Å². The fourth-order valence-electron chi connectivity index (χ4n) is 2.49. The zero-order valence-electron chi connectivity index (χ0n) is 12.0. The molecule has 22 heavy (non-hydrogen) atoms. The van der Waals surface area contributed by atoms with Crippen LogP contribution < -0.4 is 21.4 Å². The maximum Gasteiger partial charge on any atom is 0.489 e. The molecule has 4 heteroatoms. The second-order valence-corrected chi connectivity index (χ2v) is 7.12. The average molecular weight is 306 g/mol. The zero-order chi connectivity index (χ0) is 15.4. The third-order valence-corrected chi connectivity index (χ3v) is 6.00. The molecule has 3 aromatic rings. The summed E-state index contributed by atoms with van der Waals surface area (Å²) < 4.78 is 0. The van der Waals surface area contributed by atoms with Gasteiger partial charge in [-0.3, -0.25) is 0 Å². The van der Waals surface area contributed by atoms with Crippen LogP contribution in [0.15, 0.2) is 84.9 Å². The van der Waals surface area contributed by atoms with Crippen molar-refractivity contribution in [2.75, 3.05) is 0 Å². The van der Waals surface area contributed by atoms with Gasteiger partial charge in [-0.25, -0.2) is 0 Å². The first-order valence-electron chi connectivity index (χ1n) is 7.12. The highest BCUT2D eigenvalue weighted by Crippen LogP contribution is 2.31. The van der Waals surface area contributed by atoms with Gasteiger partial charge in [-0.15, -0.1) is 0 Å². The molecule has 0 saturated heterocycles. The zero-order valence-corrected chi connectivity index (χ0v) is 12.9. The van der Waals surface area contributed by atoms with Crippen molar-refractivity contribution < 1.29 is 10.0 Å². The Hall–Kier alpha value is -1.93. The smallest absolute Gasteiger partial charge is 0.423 e. The summed E-state index contributed by atoms with van der Waals surface area (Å²) in [6.45, 7) is 0. The van der Waals surface area contributed by atoms with E-state index in [0.29, 0.717) is 5.46 Å². The van der Waals surface area contributed by atoms with Crippen molar-refractivity contribution >= 4 is 36.4 Å². The van der Waals surface area contributed by atoms with Crippen molar-refractivity contribution in [3.63, 3.8) is 0 Å².